The van der Waals surface area contributed by atoms with Crippen LogP contribution in [0.4, 0.5) is 0 Å². The molecule has 0 saturated carbocycles. The van der Waals surface area contributed by atoms with E-state index in [0.29, 0.717) is 5.92 Å². The Morgan fingerprint density at radius 3 is 2.37 bits per heavy atom. The van der Waals surface area contributed by atoms with Crippen LogP contribution in [0.3, 0.4) is 0 Å². The first kappa shape index (κ1) is 16.4. The number of thiophene rings is 1. The molecule has 0 radical (unpaired) electrons. The highest BCUT2D eigenvalue weighted by Gasteiger charge is 2.16. The van der Waals surface area contributed by atoms with E-state index in [1.807, 2.05) is 0 Å². The number of aryl methyl sites for hydroxylation is 1. The highest BCUT2D eigenvalue weighted by Crippen LogP contribution is 2.38. The molecular weight excluding hydrogens is 348 g/mol. The van der Waals surface area contributed by atoms with E-state index in [-0.39, 0.29) is 0 Å². The Balaban J connectivity index is 1.90. The van der Waals surface area contributed by atoms with Crippen LogP contribution in [-0.4, -0.2) is 9.97 Å². The summed E-state index contributed by atoms with van der Waals surface area (Å²) < 4.78 is 1.23. The molecule has 0 unspecified atom stereocenters. The minimum Gasteiger partial charge on any atom is -0.250 e. The lowest BCUT2D eigenvalue weighted by atomic mass is 10.00. The first-order valence-corrected chi connectivity index (χ1v) is 10.1. The van der Waals surface area contributed by atoms with Gasteiger partial charge >= 0.3 is 0 Å². The zero-order chi connectivity index (χ0) is 18.5. The molecule has 132 valence electrons. The number of hydrogen-bond donors (Lipinski definition) is 0. The molecule has 2 aromatic carbocycles. The average molecular weight is 369 g/mol. The Kier molecular flexibility index (Phi) is 3.73. The zero-order valence-corrected chi connectivity index (χ0v) is 16.5. The minimum atomic E-state index is 0.357. The van der Waals surface area contributed by atoms with E-state index in [2.05, 4.69) is 81.4 Å². The second-order valence-electron chi connectivity index (χ2n) is 7.35. The van der Waals surface area contributed by atoms with E-state index in [9.17, 15) is 0 Å². The molecule has 2 nitrogen and oxygen atoms in total. The summed E-state index contributed by atoms with van der Waals surface area (Å²) in [6.07, 6.45) is 0. The van der Waals surface area contributed by atoms with Crippen molar-refractivity contribution in [3.63, 3.8) is 0 Å². The number of nitrogens with zero attached hydrogens (tertiary/aromatic N) is 2. The Morgan fingerprint density at radius 2 is 1.56 bits per heavy atom. The molecule has 27 heavy (non-hydrogen) atoms. The summed E-state index contributed by atoms with van der Waals surface area (Å²) >= 11 is 1.81. The summed E-state index contributed by atoms with van der Waals surface area (Å²) in [4.78, 5) is 11.4. The quantitative estimate of drug-likeness (QED) is 0.332. The van der Waals surface area contributed by atoms with Gasteiger partial charge < -0.3 is 0 Å². The number of fused-ring (bicyclic) bond motifs is 4. The molecule has 0 aliphatic rings. The van der Waals surface area contributed by atoms with Crippen molar-refractivity contribution < 1.29 is 0 Å². The Hall–Kier alpha value is -2.78. The predicted octanol–water partition coefficient (Wildman–Crippen LogP) is 7.10. The topological polar surface area (TPSA) is 25.8 Å². The molecule has 0 bridgehead atoms. The van der Waals surface area contributed by atoms with Gasteiger partial charge in [-0.15, -0.1) is 11.3 Å². The van der Waals surface area contributed by atoms with E-state index in [0.717, 1.165) is 22.6 Å². The summed E-state index contributed by atoms with van der Waals surface area (Å²) in [6, 6.07) is 21.4. The molecule has 0 N–H and O–H groups in total. The summed E-state index contributed by atoms with van der Waals surface area (Å²) in [5.41, 5.74) is 4.13. The maximum absolute atomic E-state index is 5.08. The van der Waals surface area contributed by atoms with Gasteiger partial charge in [0.05, 0.1) is 21.6 Å². The Bertz CT molecular complexity index is 1310. The number of para-hydroxylation sites is 1. The summed E-state index contributed by atoms with van der Waals surface area (Å²) in [7, 11) is 0. The SMILES string of the molecule is Cc1cc2c(s1)c(-c1cc3ccccc3c(C(C)C)n1)nc1ccccc12. The minimum absolute atomic E-state index is 0.357. The molecule has 3 heterocycles. The monoisotopic (exact) mass is 368 g/mol. The van der Waals surface area contributed by atoms with Crippen LogP contribution in [0.5, 0.6) is 0 Å². The average Bonchev–Trinajstić information content (AvgIpc) is 3.08. The molecular formula is C24H20N2S. The van der Waals surface area contributed by atoms with E-state index < -0.39 is 0 Å². The molecule has 0 spiro atoms. The van der Waals surface area contributed by atoms with Crippen molar-refractivity contribution in [1.29, 1.82) is 0 Å². The standard InChI is InChI=1S/C24H20N2S/c1-14(2)22-17-9-5-4-8-16(17)13-21(26-22)23-24-19(12-15(3)27-24)18-10-6-7-11-20(18)25-23/h4-14H,1-3H3. The molecule has 5 rings (SSSR count). The van der Waals surface area contributed by atoms with Gasteiger partial charge in [0.1, 0.15) is 5.69 Å². The maximum atomic E-state index is 5.08. The van der Waals surface area contributed by atoms with Gasteiger partial charge in [0.25, 0.3) is 0 Å². The third-order valence-electron chi connectivity index (χ3n) is 5.06. The number of hydrogen-bond acceptors (Lipinski definition) is 3. The molecule has 5 aromatic rings. The molecule has 3 heteroatoms. The van der Waals surface area contributed by atoms with E-state index >= 15 is 0 Å². The first-order chi connectivity index (χ1) is 13.1. The van der Waals surface area contributed by atoms with Crippen molar-refractivity contribution in [2.75, 3.05) is 0 Å². The van der Waals surface area contributed by atoms with Crippen molar-refractivity contribution in [2.45, 2.75) is 26.7 Å². The number of rotatable bonds is 2. The van der Waals surface area contributed by atoms with Crippen LogP contribution >= 0.6 is 11.3 Å². The zero-order valence-electron chi connectivity index (χ0n) is 15.7. The van der Waals surface area contributed by atoms with Crippen LogP contribution in [0.15, 0.2) is 60.7 Å². The highest BCUT2D eigenvalue weighted by molar-refractivity contribution is 7.19. The van der Waals surface area contributed by atoms with Crippen molar-refractivity contribution in [1.82, 2.24) is 9.97 Å². The van der Waals surface area contributed by atoms with Gasteiger partial charge in [-0.3, -0.25) is 4.98 Å². The Labute approximate surface area is 162 Å². The smallest absolute Gasteiger partial charge is 0.107 e. The van der Waals surface area contributed by atoms with Crippen molar-refractivity contribution in [3.8, 4) is 11.4 Å². The fourth-order valence-corrected chi connectivity index (χ4v) is 4.85. The van der Waals surface area contributed by atoms with Gasteiger partial charge in [-0.2, -0.15) is 0 Å². The van der Waals surface area contributed by atoms with Gasteiger partial charge in [0, 0.05) is 21.0 Å². The van der Waals surface area contributed by atoms with E-state index in [4.69, 9.17) is 9.97 Å². The van der Waals surface area contributed by atoms with E-state index in [1.54, 1.807) is 11.3 Å². The Morgan fingerprint density at radius 1 is 0.815 bits per heavy atom. The van der Waals surface area contributed by atoms with Gasteiger partial charge in [-0.25, -0.2) is 4.98 Å². The number of pyridine rings is 2. The molecule has 0 amide bonds. The second-order valence-corrected chi connectivity index (χ2v) is 8.60. The van der Waals surface area contributed by atoms with Crippen LogP contribution in [0.1, 0.15) is 30.3 Å². The summed E-state index contributed by atoms with van der Waals surface area (Å²) in [6.45, 7) is 6.57. The molecule has 0 saturated heterocycles. The normalized spacial score (nSPS) is 11.9. The van der Waals surface area contributed by atoms with Gasteiger partial charge in [0.15, 0.2) is 0 Å². The lowest BCUT2D eigenvalue weighted by Crippen LogP contribution is -1.98. The second kappa shape index (κ2) is 6.14. The third-order valence-corrected chi connectivity index (χ3v) is 6.11. The fraction of sp³-hybridized carbons (Fsp3) is 0.167. The van der Waals surface area contributed by atoms with Crippen molar-refractivity contribution in [2.24, 2.45) is 0 Å². The van der Waals surface area contributed by atoms with Crippen LogP contribution < -0.4 is 0 Å². The molecule has 3 aromatic heterocycles. The van der Waals surface area contributed by atoms with Crippen LogP contribution in [0.2, 0.25) is 0 Å². The van der Waals surface area contributed by atoms with Gasteiger partial charge in [-0.1, -0.05) is 56.3 Å². The van der Waals surface area contributed by atoms with Crippen molar-refractivity contribution in [3.05, 3.63) is 71.2 Å². The first-order valence-electron chi connectivity index (χ1n) is 9.31. The molecule has 0 aliphatic heterocycles. The third kappa shape index (κ3) is 2.62. The highest BCUT2D eigenvalue weighted by atomic mass is 32.1. The largest absolute Gasteiger partial charge is 0.250 e. The number of benzene rings is 2. The lowest BCUT2D eigenvalue weighted by Gasteiger charge is -2.13. The van der Waals surface area contributed by atoms with Crippen LogP contribution in [0.25, 0.3) is 43.1 Å². The van der Waals surface area contributed by atoms with Gasteiger partial charge in [0.2, 0.25) is 0 Å². The maximum Gasteiger partial charge on any atom is 0.107 e. The summed E-state index contributed by atoms with van der Waals surface area (Å²) in [5, 5.41) is 4.95. The molecule has 0 aliphatic carbocycles. The van der Waals surface area contributed by atoms with E-state index in [1.165, 1.54) is 31.1 Å². The summed E-state index contributed by atoms with van der Waals surface area (Å²) in [5.74, 6) is 0.357. The predicted molar refractivity (Wildman–Crippen MR) is 117 cm³/mol. The molecule has 0 fully saturated rings. The lowest BCUT2D eigenvalue weighted by molar-refractivity contribution is 0.836. The van der Waals surface area contributed by atoms with Crippen LogP contribution in [0, 0.1) is 6.92 Å². The van der Waals surface area contributed by atoms with Crippen molar-refractivity contribution >= 4 is 43.1 Å². The fourth-order valence-electron chi connectivity index (χ4n) is 3.82. The molecule has 0 atom stereocenters. The van der Waals surface area contributed by atoms with Crippen LogP contribution in [-0.2, 0) is 0 Å². The van der Waals surface area contributed by atoms with Gasteiger partial charge in [-0.05, 0) is 36.4 Å². The number of aromatic nitrogens is 2.